The predicted molar refractivity (Wildman–Crippen MR) is 181 cm³/mol. The molecule has 0 aliphatic heterocycles. The Hall–Kier alpha value is -2.85. The molecule has 0 saturated heterocycles. The molecule has 0 atom stereocenters. The van der Waals surface area contributed by atoms with E-state index in [1.165, 1.54) is 10.4 Å². The van der Waals surface area contributed by atoms with Crippen LogP contribution in [0.1, 0.15) is 53.4 Å². The van der Waals surface area contributed by atoms with E-state index in [2.05, 4.69) is 86.6 Å². The summed E-state index contributed by atoms with van der Waals surface area (Å²) in [6, 6.07) is 41.6. The molecule has 0 saturated carbocycles. The van der Waals surface area contributed by atoms with Gasteiger partial charge in [0.2, 0.25) is 0 Å². The fourth-order valence-electron chi connectivity index (χ4n) is 4.84. The lowest BCUT2D eigenvalue weighted by molar-refractivity contribution is 0.186. The number of benzene rings is 4. The monoisotopic (exact) mass is 600 g/mol. The van der Waals surface area contributed by atoms with Crippen LogP contribution in [0.3, 0.4) is 0 Å². The minimum absolute atomic E-state index is 0.649. The normalized spacial score (nSPS) is 11.5. The first kappa shape index (κ1) is 33.7. The Bertz CT molecular complexity index is 1130. The third-order valence-electron chi connectivity index (χ3n) is 6.92. The first-order valence-electron chi connectivity index (χ1n) is 15.4. The van der Waals surface area contributed by atoms with E-state index in [4.69, 9.17) is 17.7 Å². The van der Waals surface area contributed by atoms with Crippen molar-refractivity contribution in [2.75, 3.05) is 26.4 Å². The van der Waals surface area contributed by atoms with Crippen LogP contribution in [0.4, 0.5) is 0 Å². The Kier molecular flexibility index (Phi) is 14.9. The van der Waals surface area contributed by atoms with E-state index in [9.17, 15) is 0 Å². The smallest absolute Gasteiger partial charge is 0.388 e. The van der Waals surface area contributed by atoms with Crippen LogP contribution in [0.25, 0.3) is 0 Å². The Balaban J connectivity index is 0.000000235. The molecule has 224 valence electrons. The van der Waals surface area contributed by atoms with E-state index in [-0.39, 0.29) is 0 Å². The molecule has 42 heavy (non-hydrogen) atoms. The maximum absolute atomic E-state index is 6.51. The first-order valence-corrected chi connectivity index (χ1v) is 19.1. The third-order valence-corrected chi connectivity index (χ3v) is 13.9. The fraction of sp³-hybridized carbons (Fsp3) is 0.333. The highest BCUT2D eigenvalue weighted by Gasteiger charge is 2.43. The number of hydrogen-bond donors (Lipinski definition) is 0. The molecule has 0 fully saturated rings. The summed E-state index contributed by atoms with van der Waals surface area (Å²) < 4.78 is 25.3. The van der Waals surface area contributed by atoms with Crippen LogP contribution in [0.15, 0.2) is 121 Å². The lowest BCUT2D eigenvalue weighted by Gasteiger charge is -2.31. The Morgan fingerprint density at radius 2 is 0.643 bits per heavy atom. The van der Waals surface area contributed by atoms with E-state index in [1.807, 2.05) is 62.4 Å². The van der Waals surface area contributed by atoms with Crippen molar-refractivity contribution >= 4 is 37.9 Å². The molecule has 4 nitrogen and oxygen atoms in total. The van der Waals surface area contributed by atoms with E-state index in [0.717, 1.165) is 49.3 Å². The molecule has 0 radical (unpaired) electrons. The van der Waals surface area contributed by atoms with Gasteiger partial charge in [-0.05, 0) is 47.4 Å². The van der Waals surface area contributed by atoms with Gasteiger partial charge in [-0.25, -0.2) is 0 Å². The average molecular weight is 601 g/mol. The summed E-state index contributed by atoms with van der Waals surface area (Å²) >= 11 is 0. The summed E-state index contributed by atoms with van der Waals surface area (Å²) in [5.74, 6) is 0. The van der Waals surface area contributed by atoms with Crippen LogP contribution in [0.5, 0.6) is 0 Å². The molecule has 0 aliphatic rings. The van der Waals surface area contributed by atoms with Gasteiger partial charge < -0.3 is 17.7 Å². The van der Waals surface area contributed by atoms with Crippen molar-refractivity contribution in [3.05, 3.63) is 121 Å². The molecule has 4 aromatic carbocycles. The molecule has 0 bridgehead atoms. The van der Waals surface area contributed by atoms with Gasteiger partial charge in [0.15, 0.2) is 0 Å². The first-order chi connectivity index (χ1) is 20.7. The number of unbranched alkanes of at least 4 members (excludes halogenated alkanes) is 2. The summed E-state index contributed by atoms with van der Waals surface area (Å²) in [4.78, 5) is 0. The van der Waals surface area contributed by atoms with Crippen molar-refractivity contribution in [2.24, 2.45) is 0 Å². The highest BCUT2D eigenvalue weighted by Crippen LogP contribution is 2.13. The van der Waals surface area contributed by atoms with E-state index in [1.54, 1.807) is 0 Å². The summed E-state index contributed by atoms with van der Waals surface area (Å²) in [5.41, 5.74) is 0. The minimum atomic E-state index is -2.62. The topological polar surface area (TPSA) is 36.9 Å². The Morgan fingerprint density at radius 3 is 0.881 bits per heavy atom. The summed E-state index contributed by atoms with van der Waals surface area (Å²) in [7, 11) is -5.17. The molecule has 0 heterocycles. The Morgan fingerprint density at radius 1 is 0.381 bits per heavy atom. The molecule has 4 rings (SSSR count). The fourth-order valence-corrected chi connectivity index (χ4v) is 11.2. The maximum atomic E-state index is 6.51. The zero-order valence-corrected chi connectivity index (χ0v) is 27.8. The van der Waals surface area contributed by atoms with Gasteiger partial charge in [0.25, 0.3) is 0 Å². The second-order valence-electron chi connectivity index (χ2n) is 9.97. The lowest BCUT2D eigenvalue weighted by atomic mass is 10.4. The van der Waals surface area contributed by atoms with Gasteiger partial charge in [-0.3, -0.25) is 0 Å². The molecule has 0 aliphatic carbocycles. The van der Waals surface area contributed by atoms with Gasteiger partial charge in [-0.15, -0.1) is 0 Å². The van der Waals surface area contributed by atoms with Crippen LogP contribution < -0.4 is 20.7 Å². The molecular formula is C36H48O4Si2. The average Bonchev–Trinajstić information content (AvgIpc) is 3.06. The van der Waals surface area contributed by atoms with Gasteiger partial charge >= 0.3 is 17.1 Å². The van der Waals surface area contributed by atoms with Crippen molar-refractivity contribution in [3.8, 4) is 0 Å². The zero-order valence-electron chi connectivity index (χ0n) is 25.8. The molecular weight excluding hydrogens is 553 g/mol. The van der Waals surface area contributed by atoms with Gasteiger partial charge in [0.05, 0.1) is 0 Å². The van der Waals surface area contributed by atoms with Crippen molar-refractivity contribution in [2.45, 2.75) is 53.4 Å². The number of hydrogen-bond acceptors (Lipinski definition) is 4. The van der Waals surface area contributed by atoms with Gasteiger partial charge in [-0.2, -0.15) is 0 Å². The van der Waals surface area contributed by atoms with Crippen LogP contribution in [-0.4, -0.2) is 43.5 Å². The summed E-state index contributed by atoms with van der Waals surface area (Å²) in [6.45, 7) is 11.2. The van der Waals surface area contributed by atoms with Crippen LogP contribution >= 0.6 is 0 Å². The van der Waals surface area contributed by atoms with Crippen molar-refractivity contribution in [1.82, 2.24) is 0 Å². The van der Waals surface area contributed by atoms with E-state index >= 15 is 0 Å². The van der Waals surface area contributed by atoms with Gasteiger partial charge in [-0.1, -0.05) is 148 Å². The molecule has 0 spiro atoms. The van der Waals surface area contributed by atoms with Crippen molar-refractivity contribution in [3.63, 3.8) is 0 Å². The zero-order chi connectivity index (χ0) is 29.9. The van der Waals surface area contributed by atoms with E-state index in [0.29, 0.717) is 13.2 Å². The molecule has 0 unspecified atom stereocenters. The predicted octanol–water partition coefficient (Wildman–Crippen LogP) is 6.19. The quantitative estimate of drug-likeness (QED) is 0.114. The largest absolute Gasteiger partial charge is 0.407 e. The lowest BCUT2D eigenvalue weighted by Crippen LogP contribution is -2.63. The Labute approximate surface area is 256 Å². The molecule has 0 N–H and O–H groups in total. The second-order valence-corrected chi connectivity index (χ2v) is 15.9. The highest BCUT2D eigenvalue weighted by atomic mass is 28.4. The molecule has 0 amide bonds. The molecule has 6 heteroatoms. The van der Waals surface area contributed by atoms with Crippen molar-refractivity contribution in [1.29, 1.82) is 0 Å². The third kappa shape index (κ3) is 9.07. The molecule has 4 aromatic rings. The highest BCUT2D eigenvalue weighted by molar-refractivity contribution is 6.93. The van der Waals surface area contributed by atoms with Crippen LogP contribution in [0, 0.1) is 0 Å². The van der Waals surface area contributed by atoms with E-state index < -0.39 is 17.1 Å². The van der Waals surface area contributed by atoms with Crippen LogP contribution in [-0.2, 0) is 17.7 Å². The maximum Gasteiger partial charge on any atom is 0.407 e. The molecule has 0 aromatic heterocycles. The standard InChI is InChI=1S/C20H28O2Si.C16H20O2Si/c1-3-5-17-21-23(22-18-6-4-2,19-13-9-7-10-14-19)20-15-11-8-12-16-20;1-3-17-19(18-4-2,15-11-7-5-8-12-15)16-13-9-6-10-14-16/h7-16H,3-6,17-18H2,1-2H3;5-14H,3-4H2,1-2H3. The van der Waals surface area contributed by atoms with Gasteiger partial charge in [0, 0.05) is 26.4 Å². The second kappa shape index (κ2) is 18.6. The minimum Gasteiger partial charge on any atom is -0.388 e. The number of rotatable bonds is 16. The van der Waals surface area contributed by atoms with Gasteiger partial charge in [0.1, 0.15) is 0 Å². The van der Waals surface area contributed by atoms with Crippen molar-refractivity contribution < 1.29 is 17.7 Å². The summed E-state index contributed by atoms with van der Waals surface area (Å²) in [6.07, 6.45) is 4.38. The SMILES string of the molecule is CCCCO[Si](OCCCC)(c1ccccc1)c1ccccc1.CCO[Si](OCC)(c1ccccc1)c1ccccc1. The van der Waals surface area contributed by atoms with Crippen LogP contribution in [0.2, 0.25) is 0 Å². The summed E-state index contributed by atoms with van der Waals surface area (Å²) in [5, 5.41) is 4.70.